The third-order valence-corrected chi connectivity index (χ3v) is 6.72. The molecule has 0 aliphatic heterocycles. The molecule has 134 valence electrons. The van der Waals surface area contributed by atoms with Crippen LogP contribution in [0.4, 0.5) is 13.2 Å². The van der Waals surface area contributed by atoms with Crippen LogP contribution in [0.5, 0.6) is 0 Å². The Kier molecular flexibility index (Phi) is 4.31. The molecule has 1 fully saturated rings. The van der Waals surface area contributed by atoms with Gasteiger partial charge in [0.2, 0.25) is 0 Å². The highest BCUT2D eigenvalue weighted by Crippen LogP contribution is 2.54. The van der Waals surface area contributed by atoms with Gasteiger partial charge in [0.1, 0.15) is 12.6 Å². The van der Waals surface area contributed by atoms with Crippen LogP contribution in [-0.2, 0) is 16.4 Å². The van der Waals surface area contributed by atoms with E-state index in [0.717, 1.165) is 5.69 Å². The van der Waals surface area contributed by atoms with Crippen LogP contribution in [0, 0.1) is 13.8 Å². The van der Waals surface area contributed by atoms with Crippen LogP contribution in [0.1, 0.15) is 35.5 Å². The van der Waals surface area contributed by atoms with Gasteiger partial charge in [-0.25, -0.2) is 13.2 Å². The fourth-order valence-corrected chi connectivity index (χ4v) is 5.07. The lowest BCUT2D eigenvalue weighted by Crippen LogP contribution is -2.46. The SMILES string of the molecule is Cc1cccc(P(C)(=O)Cc2ccc(C3(F)CC(F)(F)C3)nc2C)n1. The first-order chi connectivity index (χ1) is 11.5. The lowest BCUT2D eigenvalue weighted by atomic mass is 9.75. The fourth-order valence-electron chi connectivity index (χ4n) is 3.15. The lowest BCUT2D eigenvalue weighted by Gasteiger charge is -2.40. The zero-order valence-corrected chi connectivity index (χ0v) is 15.3. The minimum absolute atomic E-state index is 0.0271. The van der Waals surface area contributed by atoms with Crippen molar-refractivity contribution >= 4 is 12.6 Å². The number of nitrogens with zero attached hydrogens (tertiary/aromatic N) is 2. The molecule has 0 aromatic carbocycles. The highest BCUT2D eigenvalue weighted by atomic mass is 31.2. The van der Waals surface area contributed by atoms with Crippen LogP contribution in [-0.4, -0.2) is 22.6 Å². The molecule has 0 N–H and O–H groups in total. The van der Waals surface area contributed by atoms with Crippen molar-refractivity contribution in [3.63, 3.8) is 0 Å². The average molecular weight is 368 g/mol. The monoisotopic (exact) mass is 368 g/mol. The van der Waals surface area contributed by atoms with Crippen molar-refractivity contribution in [3.05, 3.63) is 53.0 Å². The topological polar surface area (TPSA) is 42.9 Å². The van der Waals surface area contributed by atoms with Crippen LogP contribution < -0.4 is 5.44 Å². The summed E-state index contributed by atoms with van der Waals surface area (Å²) in [5.41, 5.74) is 0.513. The number of aryl methyl sites for hydroxylation is 2. The van der Waals surface area contributed by atoms with E-state index in [2.05, 4.69) is 9.97 Å². The molecular formula is C18H20F3N2OP. The van der Waals surface area contributed by atoms with Gasteiger partial charge in [0, 0.05) is 17.5 Å². The molecule has 2 aromatic rings. The van der Waals surface area contributed by atoms with Gasteiger partial charge >= 0.3 is 0 Å². The van der Waals surface area contributed by atoms with Gasteiger partial charge in [0.15, 0.2) is 5.67 Å². The summed E-state index contributed by atoms with van der Waals surface area (Å²) in [5, 5.41) is 0. The Morgan fingerprint density at radius 2 is 1.76 bits per heavy atom. The molecule has 0 spiro atoms. The molecule has 0 amide bonds. The van der Waals surface area contributed by atoms with Crippen molar-refractivity contribution < 1.29 is 17.7 Å². The van der Waals surface area contributed by atoms with E-state index in [9.17, 15) is 17.7 Å². The Hall–Kier alpha value is -1.68. The Morgan fingerprint density at radius 3 is 2.32 bits per heavy atom. The van der Waals surface area contributed by atoms with Crippen LogP contribution in [0.25, 0.3) is 0 Å². The first kappa shape index (κ1) is 18.1. The average Bonchev–Trinajstić information content (AvgIpc) is 2.47. The lowest BCUT2D eigenvalue weighted by molar-refractivity contribution is -0.176. The molecule has 1 aliphatic carbocycles. The smallest absolute Gasteiger partial charge is 0.255 e. The van der Waals surface area contributed by atoms with Crippen LogP contribution in [0.2, 0.25) is 0 Å². The predicted molar refractivity (Wildman–Crippen MR) is 91.8 cm³/mol. The minimum Gasteiger partial charge on any atom is -0.317 e. The second-order valence-corrected chi connectivity index (χ2v) is 9.99. The highest BCUT2D eigenvalue weighted by Gasteiger charge is 2.59. The van der Waals surface area contributed by atoms with E-state index >= 15 is 0 Å². The summed E-state index contributed by atoms with van der Waals surface area (Å²) in [4.78, 5) is 8.52. The molecule has 2 heterocycles. The number of aromatic nitrogens is 2. The van der Waals surface area contributed by atoms with E-state index in [0.29, 0.717) is 16.7 Å². The molecule has 0 saturated heterocycles. The molecular weight excluding hydrogens is 348 g/mol. The van der Waals surface area contributed by atoms with Gasteiger partial charge < -0.3 is 4.57 Å². The second-order valence-electron chi connectivity index (χ2n) is 7.01. The van der Waals surface area contributed by atoms with Gasteiger partial charge in [-0.2, -0.15) is 0 Å². The maximum Gasteiger partial charge on any atom is 0.255 e. The third kappa shape index (κ3) is 3.64. The number of pyridine rings is 2. The van der Waals surface area contributed by atoms with E-state index in [1.54, 1.807) is 25.7 Å². The normalized spacial score (nSPS) is 20.6. The summed E-state index contributed by atoms with van der Waals surface area (Å²) in [7, 11) is -2.76. The molecule has 3 rings (SSSR count). The number of hydrogen-bond donors (Lipinski definition) is 0. The number of hydrogen-bond acceptors (Lipinski definition) is 3. The Labute approximate surface area is 145 Å². The van der Waals surface area contributed by atoms with E-state index < -0.39 is 31.6 Å². The summed E-state index contributed by atoms with van der Waals surface area (Å²) in [5.74, 6) is -2.96. The van der Waals surface area contributed by atoms with Crippen molar-refractivity contribution in [2.45, 2.75) is 44.4 Å². The van der Waals surface area contributed by atoms with Crippen molar-refractivity contribution in [2.24, 2.45) is 0 Å². The van der Waals surface area contributed by atoms with E-state index in [1.165, 1.54) is 6.07 Å². The Bertz CT molecular complexity index is 861. The summed E-state index contributed by atoms with van der Waals surface area (Å²) in [6, 6.07) is 8.45. The maximum absolute atomic E-state index is 14.5. The zero-order chi connectivity index (χ0) is 18.5. The largest absolute Gasteiger partial charge is 0.317 e. The number of halogens is 3. The van der Waals surface area contributed by atoms with Crippen LogP contribution >= 0.6 is 7.14 Å². The molecule has 1 aliphatic rings. The zero-order valence-electron chi connectivity index (χ0n) is 14.4. The molecule has 25 heavy (non-hydrogen) atoms. The number of rotatable bonds is 4. The van der Waals surface area contributed by atoms with Gasteiger partial charge in [0.25, 0.3) is 5.92 Å². The van der Waals surface area contributed by atoms with Gasteiger partial charge in [-0.1, -0.05) is 12.1 Å². The van der Waals surface area contributed by atoms with Crippen molar-refractivity contribution in [3.8, 4) is 0 Å². The van der Waals surface area contributed by atoms with Crippen LogP contribution in [0.15, 0.2) is 30.3 Å². The highest BCUT2D eigenvalue weighted by molar-refractivity contribution is 7.69. The molecule has 1 unspecified atom stereocenters. The molecule has 7 heteroatoms. The third-order valence-electron chi connectivity index (χ3n) is 4.56. The van der Waals surface area contributed by atoms with Gasteiger partial charge in [0.05, 0.1) is 18.5 Å². The van der Waals surface area contributed by atoms with E-state index in [1.807, 2.05) is 19.1 Å². The molecule has 0 bridgehead atoms. The minimum atomic E-state index is -2.96. The number of alkyl halides is 3. The summed E-state index contributed by atoms with van der Waals surface area (Å²) in [6.45, 7) is 5.17. The van der Waals surface area contributed by atoms with Crippen LogP contribution in [0.3, 0.4) is 0 Å². The molecule has 2 aromatic heterocycles. The fraction of sp³-hybridized carbons (Fsp3) is 0.444. The predicted octanol–water partition coefficient (Wildman–Crippen LogP) is 4.51. The quantitative estimate of drug-likeness (QED) is 0.746. The maximum atomic E-state index is 14.5. The summed E-state index contributed by atoms with van der Waals surface area (Å²) in [6.07, 6.45) is -1.41. The first-order valence-corrected chi connectivity index (χ1v) is 10.4. The van der Waals surface area contributed by atoms with Crippen molar-refractivity contribution in [1.82, 2.24) is 9.97 Å². The Balaban J connectivity index is 1.83. The second kappa shape index (κ2) is 5.94. The molecule has 3 nitrogen and oxygen atoms in total. The first-order valence-electron chi connectivity index (χ1n) is 8.05. The van der Waals surface area contributed by atoms with Crippen molar-refractivity contribution in [1.29, 1.82) is 0 Å². The Morgan fingerprint density at radius 1 is 1.08 bits per heavy atom. The van der Waals surface area contributed by atoms with Gasteiger partial charge in [-0.3, -0.25) is 9.97 Å². The van der Waals surface area contributed by atoms with E-state index in [-0.39, 0.29) is 11.9 Å². The summed E-state index contributed by atoms with van der Waals surface area (Å²) >= 11 is 0. The molecule has 1 atom stereocenters. The molecule has 1 saturated carbocycles. The van der Waals surface area contributed by atoms with Crippen molar-refractivity contribution in [2.75, 3.05) is 6.66 Å². The standard InChI is InChI=1S/C18H20F3N2OP/c1-12-5-4-6-16(22-12)25(3,24)9-14-7-8-15(23-13(14)2)17(19)10-18(20,21)11-17/h4-8H,9-11H2,1-3H3. The van der Waals surface area contributed by atoms with E-state index in [4.69, 9.17) is 0 Å². The van der Waals surface area contributed by atoms with Gasteiger partial charge in [-0.05, 0) is 44.3 Å². The summed E-state index contributed by atoms with van der Waals surface area (Å²) < 4.78 is 53.6. The van der Waals surface area contributed by atoms with Gasteiger partial charge in [-0.15, -0.1) is 0 Å². The molecule has 0 radical (unpaired) electrons.